The van der Waals surface area contributed by atoms with Crippen LogP contribution in [0.1, 0.15) is 83.8 Å². The van der Waals surface area contributed by atoms with E-state index in [1.54, 1.807) is 52.0 Å². The molecule has 0 aliphatic rings. The number of carbonyl (C=O) groups is 11. The summed E-state index contributed by atoms with van der Waals surface area (Å²) in [5.74, 6) is -13.9. The lowest BCUT2D eigenvalue weighted by Gasteiger charge is -2.28. The summed E-state index contributed by atoms with van der Waals surface area (Å²) < 4.78 is 0. The van der Waals surface area contributed by atoms with Gasteiger partial charge in [0.2, 0.25) is 53.2 Å². The molecule has 34 heteroatoms. The largest absolute Gasteiger partial charge is 0.508 e. The molecule has 3 rings (SSSR count). The van der Waals surface area contributed by atoms with E-state index < -0.39 is 165 Å². The first-order valence-electron chi connectivity index (χ1n) is 29.2. The number of phenolic OH excluding ortho intramolecular Hbond substituents is 1. The molecule has 0 spiro atoms. The summed E-state index contributed by atoms with van der Waals surface area (Å²) in [4.78, 5) is 161. The number of aromatic hydroxyl groups is 1. The number of rotatable bonds is 40. The van der Waals surface area contributed by atoms with Crippen molar-refractivity contribution in [3.63, 3.8) is 0 Å². The van der Waals surface area contributed by atoms with Crippen LogP contribution in [0.15, 0.2) is 64.7 Å². The van der Waals surface area contributed by atoms with Gasteiger partial charge in [0, 0.05) is 43.0 Å². The Morgan fingerprint density at radius 3 is 1.35 bits per heavy atom. The zero-order valence-corrected chi connectivity index (χ0v) is 51.0. The third kappa shape index (κ3) is 26.5. The number of carboxylic acid groups (broad SMARTS) is 2. The van der Waals surface area contributed by atoms with Crippen LogP contribution in [0.3, 0.4) is 0 Å². The lowest BCUT2D eigenvalue weighted by atomic mass is 9.99. The number of hydrogen-bond donors (Lipinski definition) is 21. The molecule has 1 heterocycles. The summed E-state index contributed by atoms with van der Waals surface area (Å²) in [7, 11) is 0. The molecule has 0 radical (unpaired) electrons. The predicted molar refractivity (Wildman–Crippen MR) is 329 cm³/mol. The molecule has 34 nitrogen and oxygen atoms in total. The fraction of sp³-hybridized carbons (Fsp3) is 0.526. The number of nitrogens with two attached hydrogens (primary N) is 5. The normalized spacial score (nSPS) is 14.4. The zero-order chi connectivity index (χ0) is 68.1. The average molecular weight is 1280 g/mol. The number of aromatic nitrogens is 1. The number of amides is 9. The molecule has 26 N–H and O–H groups in total. The molecule has 0 unspecified atom stereocenters. The monoisotopic (exact) mass is 1280 g/mol. The van der Waals surface area contributed by atoms with E-state index in [0.717, 1.165) is 0 Å². The van der Waals surface area contributed by atoms with Crippen LogP contribution in [0, 0.1) is 11.8 Å². The van der Waals surface area contributed by atoms with E-state index in [-0.39, 0.29) is 81.1 Å². The van der Waals surface area contributed by atoms with Crippen molar-refractivity contribution in [1.29, 1.82) is 0 Å². The number of hydrogen-bond acceptors (Lipinski definition) is 18. The summed E-state index contributed by atoms with van der Waals surface area (Å²) >= 11 is 0. The van der Waals surface area contributed by atoms with Crippen LogP contribution < -0.4 is 76.5 Å². The Bertz CT molecular complexity index is 3020. The summed E-state index contributed by atoms with van der Waals surface area (Å²) in [5.41, 5.74) is 28.6. The number of aliphatic hydroxyl groups is 3. The molecule has 0 aliphatic heterocycles. The Morgan fingerprint density at radius 1 is 0.484 bits per heavy atom. The highest BCUT2D eigenvalue weighted by molar-refractivity contribution is 6.00. The Morgan fingerprint density at radius 2 is 0.879 bits per heavy atom. The van der Waals surface area contributed by atoms with Gasteiger partial charge in [-0.1, -0.05) is 58.0 Å². The number of aliphatic carboxylic acids is 2. The molecule has 2 aromatic carbocycles. The molecule has 0 aliphatic carbocycles. The van der Waals surface area contributed by atoms with Gasteiger partial charge in [-0.15, -0.1) is 0 Å². The van der Waals surface area contributed by atoms with Crippen molar-refractivity contribution in [3.05, 3.63) is 65.9 Å². The van der Waals surface area contributed by atoms with Gasteiger partial charge in [0.15, 0.2) is 11.9 Å². The maximum Gasteiger partial charge on any atom is 0.326 e. The number of nitrogens with one attached hydrogen (secondary N) is 10. The van der Waals surface area contributed by atoms with Crippen molar-refractivity contribution < 1.29 is 83.4 Å². The fourth-order valence-corrected chi connectivity index (χ4v) is 9.06. The summed E-state index contributed by atoms with van der Waals surface area (Å²) in [5, 5.41) is 82.5. The van der Waals surface area contributed by atoms with E-state index in [2.05, 4.69) is 62.8 Å². The first kappa shape index (κ1) is 75.6. The summed E-state index contributed by atoms with van der Waals surface area (Å²) in [6, 6.07) is -4.21. The number of H-pyrrole nitrogens is 1. The van der Waals surface area contributed by atoms with Crippen LogP contribution in [-0.2, 0) is 65.6 Å². The third-order valence-electron chi connectivity index (χ3n) is 13.7. The SMILES string of the molecule is CC(C)C[C@H](NC(=O)[C@H](CC(C)C)NC(=O)[C@@H](N)CO)C(=O)N[C@@H](CO)C(=O)N[C@@H](CO)C(=O)N[C@@H](Cc1c[nH]c2ccccc12)C(=O)N[C@@H](CC(=O)O)C(=O)N[C@@H](Cc1ccc(O)cc1)C(=O)N[C@@H](CCCN=C(N)N)C(=O)N[C@@H](CCCN=C(N)N)C(=O)O. The molecule has 0 fully saturated rings. The number of aliphatic hydroxyl groups excluding tert-OH is 3. The maximum absolute atomic E-state index is 14.6. The van der Waals surface area contributed by atoms with Gasteiger partial charge in [-0.2, -0.15) is 0 Å². The highest BCUT2D eigenvalue weighted by atomic mass is 16.4. The topological polar surface area (TPSA) is 588 Å². The fourth-order valence-electron chi connectivity index (χ4n) is 9.06. The van der Waals surface area contributed by atoms with Gasteiger partial charge >= 0.3 is 11.9 Å². The molecule has 0 saturated heterocycles. The van der Waals surface area contributed by atoms with Crippen LogP contribution >= 0.6 is 0 Å². The van der Waals surface area contributed by atoms with Crippen LogP contribution in [0.2, 0.25) is 0 Å². The number of para-hydroxylation sites is 1. The Kier molecular flexibility index (Phi) is 31.6. The predicted octanol–water partition coefficient (Wildman–Crippen LogP) is -5.92. The van der Waals surface area contributed by atoms with E-state index in [9.17, 15) is 83.4 Å². The number of nitrogens with zero attached hydrogens (tertiary/aromatic N) is 2. The molecule has 10 atom stereocenters. The van der Waals surface area contributed by atoms with E-state index in [0.29, 0.717) is 22.0 Å². The second-order valence-electron chi connectivity index (χ2n) is 22.2. The number of carboxylic acids is 2. The molecule has 502 valence electrons. The molecular formula is C57H87N17O17. The Labute approximate surface area is 523 Å². The van der Waals surface area contributed by atoms with Crippen LogP contribution in [0.4, 0.5) is 0 Å². The first-order valence-corrected chi connectivity index (χ1v) is 29.2. The maximum atomic E-state index is 14.6. The van der Waals surface area contributed by atoms with Crippen LogP contribution in [0.25, 0.3) is 10.9 Å². The van der Waals surface area contributed by atoms with Gasteiger partial charge in [-0.05, 0) is 79.7 Å². The van der Waals surface area contributed by atoms with Gasteiger partial charge in [0.1, 0.15) is 66.2 Å². The minimum atomic E-state index is -2.05. The number of benzene rings is 2. The molecular weight excluding hydrogens is 1190 g/mol. The minimum absolute atomic E-state index is 0.0180. The lowest BCUT2D eigenvalue weighted by Crippen LogP contribution is -2.62. The van der Waals surface area contributed by atoms with Gasteiger partial charge in [0.25, 0.3) is 0 Å². The average Bonchev–Trinajstić information content (AvgIpc) is 1.83. The van der Waals surface area contributed by atoms with Crippen molar-refractivity contribution in [2.24, 2.45) is 50.5 Å². The van der Waals surface area contributed by atoms with E-state index in [4.69, 9.17) is 28.7 Å². The van der Waals surface area contributed by atoms with Crippen LogP contribution in [0.5, 0.6) is 5.75 Å². The standard InChI is InChI=1S/C57H87N17O17/c1-28(2)19-38(68-46(81)34(58)25-75)48(83)69-39(20-29(3)4)49(84)73-44(27-77)54(89)74-43(26-76)53(88)71-41(22-31-24-65-35-10-6-5-9-33(31)35)51(86)72-42(23-45(79)80)52(87)70-40(21-30-13-15-32(78)16-14-30)50(85)66-36(11-7-17-63-56(59)60)47(82)67-37(55(90)91)12-8-18-64-57(61)62/h5-6,9-10,13-16,24,28-29,34,36-44,65,75-78H,7-8,11-12,17-23,25-27,58H2,1-4H3,(H,66,85)(H,67,82)(H,68,81)(H,69,83)(H,70,87)(H,71,88)(H,72,86)(H,73,84)(H,74,89)(H,79,80)(H,90,91)(H4,59,60,63)(H4,61,62,64)/t34-,36-,37-,38-,39-,40-,41-,42-,43-,44-/m0/s1. The highest BCUT2D eigenvalue weighted by Crippen LogP contribution is 2.20. The lowest BCUT2D eigenvalue weighted by molar-refractivity contribution is -0.142. The highest BCUT2D eigenvalue weighted by Gasteiger charge is 2.37. The Hall–Kier alpha value is -9.67. The molecule has 1 aromatic heterocycles. The van der Waals surface area contributed by atoms with Crippen molar-refractivity contribution in [1.82, 2.24) is 52.8 Å². The number of guanidine groups is 2. The van der Waals surface area contributed by atoms with Gasteiger partial charge < -0.3 is 112 Å². The third-order valence-corrected chi connectivity index (χ3v) is 13.7. The molecule has 3 aromatic rings. The summed E-state index contributed by atoms with van der Waals surface area (Å²) in [6.07, 6.45) is -0.582. The quantitative estimate of drug-likeness (QED) is 0.0143. The second kappa shape index (κ2) is 38.0. The second-order valence-corrected chi connectivity index (χ2v) is 22.2. The van der Waals surface area contributed by atoms with Crippen molar-refractivity contribution in [2.45, 2.75) is 146 Å². The van der Waals surface area contributed by atoms with Crippen molar-refractivity contribution >= 4 is 87.9 Å². The zero-order valence-electron chi connectivity index (χ0n) is 51.0. The van der Waals surface area contributed by atoms with E-state index in [1.165, 1.54) is 30.5 Å². The van der Waals surface area contributed by atoms with Crippen molar-refractivity contribution in [3.8, 4) is 5.75 Å². The number of aliphatic imine (C=N–C) groups is 2. The molecule has 9 amide bonds. The smallest absolute Gasteiger partial charge is 0.326 e. The molecule has 0 saturated carbocycles. The number of carbonyl (C=O) groups excluding carboxylic acids is 9. The van der Waals surface area contributed by atoms with Crippen LogP contribution in [-0.4, -0.2) is 206 Å². The van der Waals surface area contributed by atoms with Gasteiger partial charge in [-0.3, -0.25) is 57.9 Å². The van der Waals surface area contributed by atoms with Gasteiger partial charge in [-0.25, -0.2) is 4.79 Å². The number of fused-ring (bicyclic) bond motifs is 1. The first-order chi connectivity index (χ1) is 43.0. The Balaban J connectivity index is 1.98. The van der Waals surface area contributed by atoms with Crippen molar-refractivity contribution in [2.75, 3.05) is 32.9 Å². The summed E-state index contributed by atoms with van der Waals surface area (Å²) in [6.45, 7) is 3.98. The van der Waals surface area contributed by atoms with Gasteiger partial charge in [0.05, 0.1) is 26.2 Å². The number of aromatic amines is 1. The van der Waals surface area contributed by atoms with E-state index >= 15 is 0 Å². The molecule has 91 heavy (non-hydrogen) atoms. The number of phenols is 1. The minimum Gasteiger partial charge on any atom is -0.508 e. The molecule has 0 bridgehead atoms. The van der Waals surface area contributed by atoms with E-state index in [1.807, 2.05) is 0 Å².